The Hall–Kier alpha value is -1.54. The molecule has 0 aliphatic carbocycles. The lowest BCUT2D eigenvalue weighted by Crippen LogP contribution is -2.54. The summed E-state index contributed by atoms with van der Waals surface area (Å²) in [6.45, 7) is 1.87. The Balaban J connectivity index is 2.02. The monoisotopic (exact) mass is 440 g/mol. The quantitative estimate of drug-likeness (QED) is 0.429. The highest BCUT2D eigenvalue weighted by atomic mass is 79.9. The van der Waals surface area contributed by atoms with Gasteiger partial charge in [0.1, 0.15) is 5.57 Å². The van der Waals surface area contributed by atoms with Crippen molar-refractivity contribution in [1.82, 2.24) is 5.32 Å². The van der Waals surface area contributed by atoms with Gasteiger partial charge in [0.25, 0.3) is 11.8 Å². The summed E-state index contributed by atoms with van der Waals surface area (Å²) in [5.41, 5.74) is 1.42. The highest BCUT2D eigenvalue weighted by Gasteiger charge is 2.34. The largest absolute Gasteiger partial charge is 0.298 e. The summed E-state index contributed by atoms with van der Waals surface area (Å²) < 4.78 is 0.913. The average Bonchev–Trinajstić information content (AvgIpc) is 2.92. The third-order valence-electron chi connectivity index (χ3n) is 3.40. The second-order valence-corrected chi connectivity index (χ2v) is 8.32. The second-order valence-electron chi connectivity index (χ2n) is 5.03. The molecule has 1 aliphatic heterocycles. The Kier molecular flexibility index (Phi) is 4.87. The van der Waals surface area contributed by atoms with Crippen LogP contribution in [0.3, 0.4) is 0 Å². The molecule has 122 valence electrons. The Morgan fingerprint density at radius 2 is 2.04 bits per heavy atom. The number of halogens is 2. The molecule has 0 saturated carbocycles. The number of thiocarbonyl (C=S) groups is 1. The molecule has 8 heteroatoms. The van der Waals surface area contributed by atoms with E-state index < -0.39 is 11.8 Å². The zero-order valence-electron chi connectivity index (χ0n) is 12.3. The normalized spacial score (nSPS) is 16.7. The van der Waals surface area contributed by atoms with Crippen molar-refractivity contribution in [3.05, 3.63) is 55.2 Å². The number of carbonyl (C=O) groups is 2. The van der Waals surface area contributed by atoms with Crippen LogP contribution in [0.1, 0.15) is 10.4 Å². The molecule has 0 radical (unpaired) electrons. The molecule has 0 bridgehead atoms. The minimum absolute atomic E-state index is 0.0228. The third-order valence-corrected chi connectivity index (χ3v) is 5.66. The van der Waals surface area contributed by atoms with Gasteiger partial charge in [0.2, 0.25) is 0 Å². The number of hydrogen-bond acceptors (Lipinski definition) is 4. The molecular formula is C16H10BrClN2O2S2. The molecule has 24 heavy (non-hydrogen) atoms. The van der Waals surface area contributed by atoms with Gasteiger partial charge in [-0.05, 0) is 71.0 Å². The van der Waals surface area contributed by atoms with E-state index in [1.54, 1.807) is 24.3 Å². The topological polar surface area (TPSA) is 49.4 Å². The standard InChI is InChI=1S/C16H10BrClN2O2S2/c1-8-2-3-9(6-12(8)18)20-15(22)11(14(21)19-16(20)23)7-10-4-5-13(17)24-10/h2-7H,1H3,(H,19,21,23)/b11-7-. The van der Waals surface area contributed by atoms with E-state index in [2.05, 4.69) is 21.2 Å². The molecule has 2 heterocycles. The number of anilines is 1. The lowest BCUT2D eigenvalue weighted by Gasteiger charge is -2.29. The number of nitrogens with one attached hydrogen (secondary N) is 1. The van der Waals surface area contributed by atoms with Crippen LogP contribution in [0.5, 0.6) is 0 Å². The van der Waals surface area contributed by atoms with Crippen LogP contribution >= 0.6 is 51.1 Å². The van der Waals surface area contributed by atoms with Gasteiger partial charge >= 0.3 is 0 Å². The lowest BCUT2D eigenvalue weighted by atomic mass is 10.1. The predicted octanol–water partition coefficient (Wildman–Crippen LogP) is 4.30. The molecule has 1 N–H and O–H groups in total. The first-order chi connectivity index (χ1) is 11.4. The molecule has 1 saturated heterocycles. The van der Waals surface area contributed by atoms with E-state index in [9.17, 15) is 9.59 Å². The number of rotatable bonds is 2. The number of benzene rings is 1. The Bertz CT molecular complexity index is 907. The second kappa shape index (κ2) is 6.76. The molecule has 2 amide bonds. The lowest BCUT2D eigenvalue weighted by molar-refractivity contribution is -0.122. The first-order valence-electron chi connectivity index (χ1n) is 6.80. The van der Waals surface area contributed by atoms with Crippen LogP contribution in [0.4, 0.5) is 5.69 Å². The number of aryl methyl sites for hydroxylation is 1. The number of thiophene rings is 1. The highest BCUT2D eigenvalue weighted by molar-refractivity contribution is 9.11. The van der Waals surface area contributed by atoms with E-state index in [0.29, 0.717) is 10.7 Å². The van der Waals surface area contributed by atoms with Gasteiger partial charge in [0.15, 0.2) is 5.11 Å². The van der Waals surface area contributed by atoms with Crippen LogP contribution in [0.25, 0.3) is 6.08 Å². The van der Waals surface area contributed by atoms with Crippen molar-refractivity contribution in [3.63, 3.8) is 0 Å². The Morgan fingerprint density at radius 3 is 2.67 bits per heavy atom. The summed E-state index contributed by atoms with van der Waals surface area (Å²) in [6.07, 6.45) is 1.55. The Labute approximate surface area is 161 Å². The predicted molar refractivity (Wildman–Crippen MR) is 104 cm³/mol. The van der Waals surface area contributed by atoms with Crippen LogP contribution in [0.15, 0.2) is 39.7 Å². The van der Waals surface area contributed by atoms with E-state index in [1.807, 2.05) is 19.1 Å². The van der Waals surface area contributed by atoms with Crippen molar-refractivity contribution in [3.8, 4) is 0 Å². The van der Waals surface area contributed by atoms with Crippen molar-refractivity contribution < 1.29 is 9.59 Å². The molecule has 0 atom stereocenters. The number of hydrogen-bond donors (Lipinski definition) is 1. The van der Waals surface area contributed by atoms with Gasteiger partial charge in [-0.3, -0.25) is 19.8 Å². The fraction of sp³-hybridized carbons (Fsp3) is 0.0625. The van der Waals surface area contributed by atoms with Crippen LogP contribution in [-0.2, 0) is 9.59 Å². The molecule has 4 nitrogen and oxygen atoms in total. The first-order valence-corrected chi connectivity index (χ1v) is 9.19. The van der Waals surface area contributed by atoms with E-state index in [1.165, 1.54) is 16.2 Å². The summed E-state index contributed by atoms with van der Waals surface area (Å²) >= 11 is 16.1. The Morgan fingerprint density at radius 1 is 1.29 bits per heavy atom. The number of nitrogens with zero attached hydrogens (tertiary/aromatic N) is 1. The summed E-state index contributed by atoms with van der Waals surface area (Å²) in [4.78, 5) is 27.1. The maximum Gasteiger partial charge on any atom is 0.270 e. The van der Waals surface area contributed by atoms with Gasteiger partial charge < -0.3 is 0 Å². The number of amides is 2. The van der Waals surface area contributed by atoms with E-state index in [0.717, 1.165) is 14.2 Å². The van der Waals surface area contributed by atoms with Gasteiger partial charge in [0, 0.05) is 9.90 Å². The molecular weight excluding hydrogens is 432 g/mol. The van der Waals surface area contributed by atoms with Gasteiger partial charge in [-0.2, -0.15) is 0 Å². The molecule has 2 aromatic rings. The summed E-state index contributed by atoms with van der Waals surface area (Å²) in [7, 11) is 0. The van der Waals surface area contributed by atoms with E-state index >= 15 is 0 Å². The van der Waals surface area contributed by atoms with E-state index in [-0.39, 0.29) is 10.7 Å². The molecule has 1 aliphatic rings. The van der Waals surface area contributed by atoms with Crippen molar-refractivity contribution in [2.45, 2.75) is 6.92 Å². The maximum atomic E-state index is 12.8. The third kappa shape index (κ3) is 3.30. The van der Waals surface area contributed by atoms with Gasteiger partial charge in [-0.15, -0.1) is 11.3 Å². The van der Waals surface area contributed by atoms with Gasteiger partial charge in [0.05, 0.1) is 9.47 Å². The van der Waals surface area contributed by atoms with Crippen molar-refractivity contribution in [1.29, 1.82) is 0 Å². The van der Waals surface area contributed by atoms with E-state index in [4.69, 9.17) is 23.8 Å². The number of carbonyl (C=O) groups excluding carboxylic acids is 2. The summed E-state index contributed by atoms with van der Waals surface area (Å²) in [5.74, 6) is -0.989. The minimum Gasteiger partial charge on any atom is -0.298 e. The maximum absolute atomic E-state index is 12.8. The van der Waals surface area contributed by atoms with Crippen LogP contribution in [0.2, 0.25) is 5.02 Å². The van der Waals surface area contributed by atoms with Gasteiger partial charge in [-0.1, -0.05) is 17.7 Å². The average molecular weight is 442 g/mol. The van der Waals surface area contributed by atoms with Crippen LogP contribution < -0.4 is 10.2 Å². The smallest absolute Gasteiger partial charge is 0.270 e. The summed E-state index contributed by atoms with van der Waals surface area (Å²) in [6, 6.07) is 8.86. The fourth-order valence-electron chi connectivity index (χ4n) is 2.16. The fourth-order valence-corrected chi connectivity index (χ4v) is 3.98. The van der Waals surface area contributed by atoms with Gasteiger partial charge in [-0.25, -0.2) is 0 Å². The van der Waals surface area contributed by atoms with Crippen molar-refractivity contribution in [2.24, 2.45) is 0 Å². The summed E-state index contributed by atoms with van der Waals surface area (Å²) in [5, 5.41) is 3.11. The molecule has 0 spiro atoms. The molecule has 0 unspecified atom stereocenters. The minimum atomic E-state index is -0.510. The molecule has 1 aromatic carbocycles. The van der Waals surface area contributed by atoms with Crippen molar-refractivity contribution in [2.75, 3.05) is 4.90 Å². The SMILES string of the molecule is Cc1ccc(N2C(=O)/C(=C\c3ccc(Br)s3)C(=O)NC2=S)cc1Cl. The highest BCUT2D eigenvalue weighted by Crippen LogP contribution is 2.28. The zero-order chi connectivity index (χ0) is 17.4. The van der Waals surface area contributed by atoms with Crippen LogP contribution in [-0.4, -0.2) is 16.9 Å². The van der Waals surface area contributed by atoms with Crippen LogP contribution in [0, 0.1) is 6.92 Å². The molecule has 1 fully saturated rings. The first kappa shape index (κ1) is 17.3. The molecule has 1 aromatic heterocycles. The van der Waals surface area contributed by atoms with Crippen molar-refractivity contribution >= 4 is 79.8 Å². The molecule has 3 rings (SSSR count). The zero-order valence-corrected chi connectivity index (χ0v) is 16.3.